The Morgan fingerprint density at radius 2 is 2.30 bits per heavy atom. The highest BCUT2D eigenvalue weighted by Crippen LogP contribution is 2.29. The van der Waals surface area contributed by atoms with Crippen molar-refractivity contribution in [3.63, 3.8) is 0 Å². The second-order valence-corrected chi connectivity index (χ2v) is 3.11. The van der Waals surface area contributed by atoms with Crippen LogP contribution in [-0.2, 0) is 9.53 Å². The summed E-state index contributed by atoms with van der Waals surface area (Å²) in [6.07, 6.45) is 2.75. The third-order valence-corrected chi connectivity index (χ3v) is 2.04. The Labute approximate surface area is 61.6 Å². The predicted molar refractivity (Wildman–Crippen MR) is 38.8 cm³/mol. The molecule has 0 N–H and O–H groups in total. The lowest BCUT2D eigenvalue weighted by Crippen LogP contribution is -2.33. The molecule has 58 valence electrons. The van der Waals surface area contributed by atoms with Crippen molar-refractivity contribution in [1.29, 1.82) is 0 Å². The fraction of sp³-hybridized carbons (Fsp3) is 0.875. The smallest absolute Gasteiger partial charge is 0.155 e. The molecule has 0 aromatic carbocycles. The summed E-state index contributed by atoms with van der Waals surface area (Å²) in [5, 5.41) is 0. The zero-order valence-electron chi connectivity index (χ0n) is 6.59. The first-order valence-electron chi connectivity index (χ1n) is 3.81. The Hall–Kier alpha value is -0.370. The molecule has 1 rings (SSSR count). The molecule has 1 aliphatic rings. The van der Waals surface area contributed by atoms with Crippen molar-refractivity contribution in [2.45, 2.75) is 32.8 Å². The van der Waals surface area contributed by atoms with E-state index in [4.69, 9.17) is 4.74 Å². The molecule has 2 nitrogen and oxygen atoms in total. The minimum Gasteiger partial charge on any atom is -0.370 e. The van der Waals surface area contributed by atoms with E-state index in [-0.39, 0.29) is 5.78 Å². The number of ether oxygens (including phenoxy) is 1. The third kappa shape index (κ3) is 1.81. The van der Waals surface area contributed by atoms with Gasteiger partial charge in [0, 0.05) is 0 Å². The summed E-state index contributed by atoms with van der Waals surface area (Å²) in [4.78, 5) is 10.5. The van der Waals surface area contributed by atoms with E-state index >= 15 is 0 Å². The Morgan fingerprint density at radius 3 is 2.60 bits per heavy atom. The lowest BCUT2D eigenvalue weighted by Gasteiger charge is -2.33. The van der Waals surface area contributed by atoms with Crippen LogP contribution in [0.1, 0.15) is 26.7 Å². The summed E-state index contributed by atoms with van der Waals surface area (Å²) in [5.41, 5.74) is 0. The van der Waals surface area contributed by atoms with Crippen molar-refractivity contribution in [2.24, 2.45) is 5.92 Å². The van der Waals surface area contributed by atoms with Gasteiger partial charge in [0.05, 0.1) is 6.10 Å². The first kappa shape index (κ1) is 7.73. The SMILES string of the molecule is CC(=O)COC1CCC1C. The summed E-state index contributed by atoms with van der Waals surface area (Å²) in [7, 11) is 0. The molecule has 0 spiro atoms. The second-order valence-electron chi connectivity index (χ2n) is 3.11. The van der Waals surface area contributed by atoms with E-state index in [1.54, 1.807) is 6.92 Å². The van der Waals surface area contributed by atoms with E-state index in [0.29, 0.717) is 18.6 Å². The van der Waals surface area contributed by atoms with Gasteiger partial charge in [0.25, 0.3) is 0 Å². The van der Waals surface area contributed by atoms with Gasteiger partial charge in [0.2, 0.25) is 0 Å². The molecule has 2 unspecified atom stereocenters. The van der Waals surface area contributed by atoms with E-state index in [9.17, 15) is 4.79 Å². The van der Waals surface area contributed by atoms with Gasteiger partial charge in [-0.05, 0) is 25.7 Å². The molecule has 1 saturated carbocycles. The number of ketones is 1. The number of carbonyl (C=O) groups is 1. The molecule has 10 heavy (non-hydrogen) atoms. The van der Waals surface area contributed by atoms with Crippen molar-refractivity contribution >= 4 is 5.78 Å². The van der Waals surface area contributed by atoms with E-state index in [1.165, 1.54) is 6.42 Å². The summed E-state index contributed by atoms with van der Waals surface area (Å²) in [5.74, 6) is 0.790. The van der Waals surface area contributed by atoms with Gasteiger partial charge in [-0.3, -0.25) is 4.79 Å². The van der Waals surface area contributed by atoms with E-state index in [0.717, 1.165) is 6.42 Å². The Bertz CT molecular complexity index is 131. The van der Waals surface area contributed by atoms with Crippen LogP contribution in [0.3, 0.4) is 0 Å². The van der Waals surface area contributed by atoms with Crippen LogP contribution in [0.5, 0.6) is 0 Å². The van der Waals surface area contributed by atoms with Gasteiger partial charge in [-0.15, -0.1) is 0 Å². The lowest BCUT2D eigenvalue weighted by molar-refractivity contribution is -0.127. The Kier molecular flexibility index (Phi) is 2.44. The van der Waals surface area contributed by atoms with Crippen molar-refractivity contribution in [1.82, 2.24) is 0 Å². The van der Waals surface area contributed by atoms with E-state index < -0.39 is 0 Å². The first-order valence-corrected chi connectivity index (χ1v) is 3.81. The number of hydrogen-bond acceptors (Lipinski definition) is 2. The van der Waals surface area contributed by atoms with E-state index in [2.05, 4.69) is 6.92 Å². The predicted octanol–water partition coefficient (Wildman–Crippen LogP) is 1.39. The molecule has 0 radical (unpaired) electrons. The van der Waals surface area contributed by atoms with Crippen LogP contribution in [-0.4, -0.2) is 18.5 Å². The molecule has 0 aromatic heterocycles. The molecule has 2 heteroatoms. The Balaban J connectivity index is 2.08. The van der Waals surface area contributed by atoms with Gasteiger partial charge in [0.15, 0.2) is 5.78 Å². The fourth-order valence-corrected chi connectivity index (χ4v) is 1.11. The van der Waals surface area contributed by atoms with Crippen LogP contribution >= 0.6 is 0 Å². The quantitative estimate of drug-likeness (QED) is 0.595. The molecule has 0 bridgehead atoms. The van der Waals surface area contributed by atoms with Crippen LogP contribution in [0.4, 0.5) is 0 Å². The zero-order valence-corrected chi connectivity index (χ0v) is 6.59. The average molecular weight is 142 g/mol. The molecule has 0 heterocycles. The van der Waals surface area contributed by atoms with Gasteiger partial charge < -0.3 is 4.74 Å². The molecule has 0 saturated heterocycles. The molecule has 0 amide bonds. The number of rotatable bonds is 3. The molecule has 0 aromatic rings. The first-order chi connectivity index (χ1) is 4.70. The van der Waals surface area contributed by atoms with Crippen LogP contribution < -0.4 is 0 Å². The van der Waals surface area contributed by atoms with Gasteiger partial charge in [-0.2, -0.15) is 0 Å². The zero-order chi connectivity index (χ0) is 7.56. The van der Waals surface area contributed by atoms with Crippen LogP contribution in [0, 0.1) is 5.92 Å². The highest BCUT2D eigenvalue weighted by atomic mass is 16.5. The maximum absolute atomic E-state index is 10.5. The number of hydrogen-bond donors (Lipinski definition) is 0. The van der Waals surface area contributed by atoms with Crippen molar-refractivity contribution in [3.8, 4) is 0 Å². The van der Waals surface area contributed by atoms with Gasteiger partial charge >= 0.3 is 0 Å². The molecule has 1 aliphatic carbocycles. The minimum atomic E-state index is 0.124. The summed E-state index contributed by atoms with van der Waals surface area (Å²) >= 11 is 0. The van der Waals surface area contributed by atoms with Gasteiger partial charge in [-0.25, -0.2) is 0 Å². The largest absolute Gasteiger partial charge is 0.370 e. The highest BCUT2D eigenvalue weighted by molar-refractivity contribution is 5.76. The minimum absolute atomic E-state index is 0.124. The molecular formula is C8H14O2. The topological polar surface area (TPSA) is 26.3 Å². The van der Waals surface area contributed by atoms with E-state index in [1.807, 2.05) is 0 Å². The second kappa shape index (κ2) is 3.15. The van der Waals surface area contributed by atoms with Gasteiger partial charge in [0.1, 0.15) is 6.61 Å². The standard InChI is InChI=1S/C8H14O2/c1-6-3-4-8(6)10-5-7(2)9/h6,8H,3-5H2,1-2H3. The maximum atomic E-state index is 10.5. The van der Waals surface area contributed by atoms with Crippen LogP contribution in [0.2, 0.25) is 0 Å². The normalized spacial score (nSPS) is 31.4. The summed E-state index contributed by atoms with van der Waals surface area (Å²) in [6, 6.07) is 0. The number of Topliss-reactive ketones (excluding diaryl/α,β-unsaturated/α-hetero) is 1. The molecule has 0 aliphatic heterocycles. The van der Waals surface area contributed by atoms with Crippen molar-refractivity contribution in [3.05, 3.63) is 0 Å². The average Bonchev–Trinajstić information content (AvgIpc) is 1.84. The highest BCUT2D eigenvalue weighted by Gasteiger charge is 2.27. The molecule has 1 fully saturated rings. The third-order valence-electron chi connectivity index (χ3n) is 2.04. The van der Waals surface area contributed by atoms with Crippen LogP contribution in [0.15, 0.2) is 0 Å². The summed E-state index contributed by atoms with van der Waals surface area (Å²) in [6.45, 7) is 4.02. The van der Waals surface area contributed by atoms with Crippen LogP contribution in [0.25, 0.3) is 0 Å². The molecular weight excluding hydrogens is 128 g/mol. The lowest BCUT2D eigenvalue weighted by atomic mass is 9.84. The van der Waals surface area contributed by atoms with Gasteiger partial charge in [-0.1, -0.05) is 6.92 Å². The summed E-state index contributed by atoms with van der Waals surface area (Å²) < 4.78 is 5.30. The molecule has 2 atom stereocenters. The van der Waals surface area contributed by atoms with Crippen molar-refractivity contribution < 1.29 is 9.53 Å². The fourth-order valence-electron chi connectivity index (χ4n) is 1.11. The van der Waals surface area contributed by atoms with Crippen molar-refractivity contribution in [2.75, 3.05) is 6.61 Å². The maximum Gasteiger partial charge on any atom is 0.155 e. The Morgan fingerprint density at radius 1 is 1.60 bits per heavy atom. The monoisotopic (exact) mass is 142 g/mol. The number of carbonyl (C=O) groups excluding carboxylic acids is 1.